The number of hydrogen-bond acceptors (Lipinski definition) is 4. The molecule has 0 radical (unpaired) electrons. The van der Waals surface area contributed by atoms with E-state index in [-0.39, 0.29) is 11.6 Å². The Bertz CT molecular complexity index is 726. The van der Waals surface area contributed by atoms with Gasteiger partial charge in [-0.1, -0.05) is 12.1 Å². The molecule has 0 heterocycles. The van der Waals surface area contributed by atoms with Crippen molar-refractivity contribution in [2.24, 2.45) is 0 Å². The van der Waals surface area contributed by atoms with Crippen molar-refractivity contribution in [1.82, 2.24) is 4.90 Å². The van der Waals surface area contributed by atoms with Crippen LogP contribution in [0.4, 0.5) is 5.69 Å². The van der Waals surface area contributed by atoms with Crippen LogP contribution in [0.5, 0.6) is 5.75 Å². The van der Waals surface area contributed by atoms with E-state index in [1.807, 2.05) is 24.3 Å². The second kappa shape index (κ2) is 6.91. The van der Waals surface area contributed by atoms with Crippen LogP contribution in [0.1, 0.15) is 21.5 Å². The van der Waals surface area contributed by atoms with Gasteiger partial charge in [-0.05, 0) is 36.8 Å². The molecule has 2 aromatic carbocycles. The van der Waals surface area contributed by atoms with Crippen molar-refractivity contribution in [3.63, 3.8) is 0 Å². The van der Waals surface area contributed by atoms with Crippen LogP contribution >= 0.6 is 0 Å². The Morgan fingerprint density at radius 1 is 1.22 bits per heavy atom. The monoisotopic (exact) mass is 314 g/mol. The topological polar surface area (TPSA) is 72.7 Å². The third kappa shape index (κ3) is 3.85. The lowest BCUT2D eigenvalue weighted by molar-refractivity contribution is -0.385. The number of rotatable bonds is 5. The average Bonchev–Trinajstić information content (AvgIpc) is 2.54. The Morgan fingerprint density at radius 2 is 1.87 bits per heavy atom. The van der Waals surface area contributed by atoms with Gasteiger partial charge in [0.1, 0.15) is 5.75 Å². The molecule has 2 rings (SSSR count). The molecule has 0 saturated carbocycles. The lowest BCUT2D eigenvalue weighted by atomic mass is 10.1. The van der Waals surface area contributed by atoms with Gasteiger partial charge >= 0.3 is 0 Å². The molecule has 2 aromatic rings. The van der Waals surface area contributed by atoms with E-state index >= 15 is 0 Å². The summed E-state index contributed by atoms with van der Waals surface area (Å²) in [6.07, 6.45) is 0. The molecule has 23 heavy (non-hydrogen) atoms. The standard InChI is InChI=1S/C17H18N2O4/c1-12-10-14(6-9-16(12)19(21)22)17(20)18(2)11-13-4-7-15(23-3)8-5-13/h4-10H,11H2,1-3H3. The fourth-order valence-electron chi connectivity index (χ4n) is 2.29. The van der Waals surface area contributed by atoms with Crippen LogP contribution in [0.25, 0.3) is 0 Å². The first kappa shape index (κ1) is 16.5. The molecule has 0 unspecified atom stereocenters. The van der Waals surface area contributed by atoms with Gasteiger partial charge in [-0.2, -0.15) is 0 Å². The van der Waals surface area contributed by atoms with Gasteiger partial charge in [0.15, 0.2) is 0 Å². The van der Waals surface area contributed by atoms with Crippen LogP contribution in [-0.4, -0.2) is 29.9 Å². The molecule has 0 spiro atoms. The van der Waals surface area contributed by atoms with Crippen molar-refractivity contribution in [3.8, 4) is 5.75 Å². The first-order chi connectivity index (χ1) is 10.9. The summed E-state index contributed by atoms with van der Waals surface area (Å²) in [5, 5.41) is 10.8. The maximum absolute atomic E-state index is 12.4. The van der Waals surface area contributed by atoms with Crippen LogP contribution in [0.15, 0.2) is 42.5 Å². The van der Waals surface area contributed by atoms with E-state index < -0.39 is 4.92 Å². The molecule has 0 aromatic heterocycles. The highest BCUT2D eigenvalue weighted by atomic mass is 16.6. The van der Waals surface area contributed by atoms with Crippen LogP contribution in [0.2, 0.25) is 0 Å². The molecule has 6 nitrogen and oxygen atoms in total. The van der Waals surface area contributed by atoms with Crippen molar-refractivity contribution in [2.45, 2.75) is 13.5 Å². The van der Waals surface area contributed by atoms with Gasteiger partial charge in [0.05, 0.1) is 12.0 Å². The summed E-state index contributed by atoms with van der Waals surface area (Å²) in [5.74, 6) is 0.576. The summed E-state index contributed by atoms with van der Waals surface area (Å²) in [7, 11) is 3.30. The van der Waals surface area contributed by atoms with E-state index in [0.29, 0.717) is 17.7 Å². The summed E-state index contributed by atoms with van der Waals surface area (Å²) in [6, 6.07) is 11.9. The maximum Gasteiger partial charge on any atom is 0.272 e. The minimum atomic E-state index is -0.454. The molecule has 0 aliphatic heterocycles. The van der Waals surface area contributed by atoms with Crippen molar-refractivity contribution in [2.75, 3.05) is 14.2 Å². The zero-order chi connectivity index (χ0) is 17.0. The first-order valence-electron chi connectivity index (χ1n) is 7.06. The fourth-order valence-corrected chi connectivity index (χ4v) is 2.29. The number of hydrogen-bond donors (Lipinski definition) is 0. The van der Waals surface area contributed by atoms with Crippen LogP contribution in [0.3, 0.4) is 0 Å². The Morgan fingerprint density at radius 3 is 2.39 bits per heavy atom. The minimum Gasteiger partial charge on any atom is -0.497 e. The van der Waals surface area contributed by atoms with Gasteiger partial charge in [0.2, 0.25) is 0 Å². The molecule has 0 N–H and O–H groups in total. The highest BCUT2D eigenvalue weighted by Gasteiger charge is 2.16. The van der Waals surface area contributed by atoms with Crippen molar-refractivity contribution in [3.05, 3.63) is 69.3 Å². The SMILES string of the molecule is COc1ccc(CN(C)C(=O)c2ccc([N+](=O)[O-])c(C)c2)cc1. The summed E-state index contributed by atoms with van der Waals surface area (Å²) in [6.45, 7) is 2.07. The highest BCUT2D eigenvalue weighted by Crippen LogP contribution is 2.20. The number of carbonyl (C=O) groups is 1. The molecule has 120 valence electrons. The Labute approximate surface area is 134 Å². The average molecular weight is 314 g/mol. The van der Waals surface area contributed by atoms with Gasteiger partial charge in [-0.15, -0.1) is 0 Å². The molecule has 0 aliphatic carbocycles. The minimum absolute atomic E-state index is 0.0133. The van der Waals surface area contributed by atoms with Crippen LogP contribution in [-0.2, 0) is 6.54 Å². The molecule has 1 amide bonds. The highest BCUT2D eigenvalue weighted by molar-refractivity contribution is 5.94. The molecule has 0 bridgehead atoms. The Balaban J connectivity index is 2.12. The molecule has 0 saturated heterocycles. The fraction of sp³-hybridized carbons (Fsp3) is 0.235. The van der Waals surface area contributed by atoms with E-state index in [4.69, 9.17) is 4.74 Å². The number of aryl methyl sites for hydroxylation is 1. The predicted octanol–water partition coefficient (Wildman–Crippen LogP) is 3.18. The van der Waals surface area contributed by atoms with Gasteiger partial charge in [0.25, 0.3) is 11.6 Å². The van der Waals surface area contributed by atoms with Crippen molar-refractivity contribution < 1.29 is 14.5 Å². The largest absolute Gasteiger partial charge is 0.497 e. The third-order valence-corrected chi connectivity index (χ3v) is 3.57. The maximum atomic E-state index is 12.4. The summed E-state index contributed by atoms with van der Waals surface area (Å²) >= 11 is 0. The van der Waals surface area contributed by atoms with Gasteiger partial charge < -0.3 is 9.64 Å². The smallest absolute Gasteiger partial charge is 0.272 e. The Hall–Kier alpha value is -2.89. The molecule has 0 fully saturated rings. The van der Waals surface area contributed by atoms with Gasteiger partial charge in [-0.3, -0.25) is 14.9 Å². The lowest BCUT2D eigenvalue weighted by Gasteiger charge is -2.18. The molecular formula is C17H18N2O4. The van der Waals surface area contributed by atoms with Crippen molar-refractivity contribution in [1.29, 1.82) is 0 Å². The number of amides is 1. The van der Waals surface area contributed by atoms with E-state index in [1.165, 1.54) is 12.1 Å². The van der Waals surface area contributed by atoms with Crippen LogP contribution < -0.4 is 4.74 Å². The number of benzene rings is 2. The number of methoxy groups -OCH3 is 1. The molecule has 6 heteroatoms. The summed E-state index contributed by atoms with van der Waals surface area (Å²) in [4.78, 5) is 24.4. The van der Waals surface area contributed by atoms with Gasteiger partial charge in [-0.25, -0.2) is 0 Å². The normalized spacial score (nSPS) is 10.2. The number of nitrogens with zero attached hydrogens (tertiary/aromatic N) is 2. The number of nitro groups is 1. The number of carbonyl (C=O) groups excluding carboxylic acids is 1. The summed E-state index contributed by atoms with van der Waals surface area (Å²) in [5.41, 5.74) is 1.89. The molecule has 0 aliphatic rings. The zero-order valence-electron chi connectivity index (χ0n) is 13.3. The van der Waals surface area contributed by atoms with Gasteiger partial charge in [0, 0.05) is 30.8 Å². The second-order valence-corrected chi connectivity index (χ2v) is 5.27. The van der Waals surface area contributed by atoms with Crippen molar-refractivity contribution >= 4 is 11.6 Å². The van der Waals surface area contributed by atoms with Crippen LogP contribution in [0, 0.1) is 17.0 Å². The quantitative estimate of drug-likeness (QED) is 0.627. The predicted molar refractivity (Wildman–Crippen MR) is 86.6 cm³/mol. The first-order valence-corrected chi connectivity index (χ1v) is 7.06. The zero-order valence-corrected chi connectivity index (χ0v) is 13.3. The Kier molecular flexibility index (Phi) is 4.95. The molecule has 0 atom stereocenters. The second-order valence-electron chi connectivity index (χ2n) is 5.27. The van der Waals surface area contributed by atoms with E-state index in [0.717, 1.165) is 11.3 Å². The number of ether oxygens (including phenoxy) is 1. The van der Waals surface area contributed by atoms with E-state index in [1.54, 1.807) is 32.0 Å². The lowest BCUT2D eigenvalue weighted by Crippen LogP contribution is -2.26. The number of nitro benzene ring substituents is 1. The van der Waals surface area contributed by atoms with E-state index in [2.05, 4.69) is 0 Å². The molecular weight excluding hydrogens is 296 g/mol. The van der Waals surface area contributed by atoms with E-state index in [9.17, 15) is 14.9 Å². The third-order valence-electron chi connectivity index (χ3n) is 3.57. The summed E-state index contributed by atoms with van der Waals surface area (Å²) < 4.78 is 5.10.